The number of hydrogen-bond acceptors (Lipinski definition) is 4. The van der Waals surface area contributed by atoms with Crippen LogP contribution in [0.2, 0.25) is 0 Å². The summed E-state index contributed by atoms with van der Waals surface area (Å²) in [7, 11) is 0. The molecule has 1 fully saturated rings. The summed E-state index contributed by atoms with van der Waals surface area (Å²) < 4.78 is 10.7. The first-order valence-electron chi connectivity index (χ1n) is 5.99. The highest BCUT2D eigenvalue weighted by Gasteiger charge is 2.21. The maximum atomic E-state index is 5.53. The summed E-state index contributed by atoms with van der Waals surface area (Å²) >= 11 is 0. The van der Waals surface area contributed by atoms with Crippen molar-refractivity contribution in [3.8, 4) is 0 Å². The number of nitrogens with one attached hydrogen (secondary N) is 1. The van der Waals surface area contributed by atoms with Gasteiger partial charge in [-0.05, 0) is 18.8 Å². The van der Waals surface area contributed by atoms with Crippen LogP contribution in [-0.4, -0.2) is 17.8 Å². The van der Waals surface area contributed by atoms with E-state index < -0.39 is 0 Å². The Morgan fingerprint density at radius 2 is 2.38 bits per heavy atom. The van der Waals surface area contributed by atoms with Crippen molar-refractivity contribution < 1.29 is 9.26 Å². The standard InChI is InChI=1S/C12H20N2O2/c1-9(2)13-6-11-5-12(16-14-11)8-15-7-10-3-4-10/h5,9-10,13H,3-4,6-8H2,1-2H3. The van der Waals surface area contributed by atoms with Gasteiger partial charge in [-0.2, -0.15) is 0 Å². The average molecular weight is 224 g/mol. The normalized spacial score (nSPS) is 15.9. The number of ether oxygens (including phenoxy) is 1. The van der Waals surface area contributed by atoms with Crippen LogP contribution in [0.4, 0.5) is 0 Å². The molecule has 1 aliphatic carbocycles. The molecule has 16 heavy (non-hydrogen) atoms. The fourth-order valence-electron chi connectivity index (χ4n) is 1.43. The molecule has 0 bridgehead atoms. The molecule has 1 N–H and O–H groups in total. The van der Waals surface area contributed by atoms with Gasteiger partial charge in [0.2, 0.25) is 0 Å². The second-order valence-electron chi connectivity index (χ2n) is 4.78. The number of nitrogens with zero attached hydrogens (tertiary/aromatic N) is 1. The largest absolute Gasteiger partial charge is 0.373 e. The predicted octanol–water partition coefficient (Wildman–Crippen LogP) is 2.10. The molecule has 0 atom stereocenters. The molecule has 1 aromatic heterocycles. The van der Waals surface area contributed by atoms with Crippen LogP contribution in [0.5, 0.6) is 0 Å². The second-order valence-corrected chi connectivity index (χ2v) is 4.78. The lowest BCUT2D eigenvalue weighted by Crippen LogP contribution is -2.21. The number of rotatable bonds is 7. The molecule has 1 saturated carbocycles. The van der Waals surface area contributed by atoms with Crippen LogP contribution in [0.25, 0.3) is 0 Å². The molecule has 0 aliphatic heterocycles. The molecule has 1 aliphatic rings. The van der Waals surface area contributed by atoms with Crippen molar-refractivity contribution in [2.24, 2.45) is 5.92 Å². The Kier molecular flexibility index (Phi) is 3.96. The molecule has 90 valence electrons. The Morgan fingerprint density at radius 3 is 3.06 bits per heavy atom. The third-order valence-corrected chi connectivity index (χ3v) is 2.59. The predicted molar refractivity (Wildman–Crippen MR) is 60.9 cm³/mol. The Hall–Kier alpha value is -0.870. The van der Waals surface area contributed by atoms with Gasteiger partial charge in [-0.25, -0.2) is 0 Å². The van der Waals surface area contributed by atoms with Crippen molar-refractivity contribution in [3.63, 3.8) is 0 Å². The molecule has 0 unspecified atom stereocenters. The van der Waals surface area contributed by atoms with Crippen LogP contribution < -0.4 is 5.32 Å². The SMILES string of the molecule is CC(C)NCc1cc(COCC2CC2)on1. The van der Waals surface area contributed by atoms with Gasteiger partial charge in [0.25, 0.3) is 0 Å². The van der Waals surface area contributed by atoms with Crippen molar-refractivity contribution in [2.75, 3.05) is 6.61 Å². The Morgan fingerprint density at radius 1 is 1.56 bits per heavy atom. The molecular weight excluding hydrogens is 204 g/mol. The number of hydrogen-bond donors (Lipinski definition) is 1. The minimum Gasteiger partial charge on any atom is -0.373 e. The summed E-state index contributed by atoms with van der Waals surface area (Å²) in [6.45, 7) is 6.38. The van der Waals surface area contributed by atoms with Crippen LogP contribution in [0, 0.1) is 5.92 Å². The molecule has 0 radical (unpaired) electrons. The van der Waals surface area contributed by atoms with E-state index in [-0.39, 0.29) is 0 Å². The number of aromatic nitrogens is 1. The lowest BCUT2D eigenvalue weighted by molar-refractivity contribution is 0.0926. The lowest BCUT2D eigenvalue weighted by atomic mass is 10.3. The molecule has 1 aromatic rings. The van der Waals surface area contributed by atoms with Gasteiger partial charge in [0.15, 0.2) is 5.76 Å². The molecule has 0 spiro atoms. The van der Waals surface area contributed by atoms with E-state index in [0.717, 1.165) is 30.5 Å². The Bertz CT molecular complexity index is 319. The molecule has 0 saturated heterocycles. The van der Waals surface area contributed by atoms with Gasteiger partial charge in [0, 0.05) is 25.3 Å². The van der Waals surface area contributed by atoms with Gasteiger partial charge in [-0.3, -0.25) is 0 Å². The molecule has 0 aromatic carbocycles. The maximum absolute atomic E-state index is 5.53. The highest BCUT2D eigenvalue weighted by atomic mass is 16.5. The third-order valence-electron chi connectivity index (χ3n) is 2.59. The van der Waals surface area contributed by atoms with Crippen LogP contribution in [0.1, 0.15) is 38.1 Å². The van der Waals surface area contributed by atoms with E-state index in [9.17, 15) is 0 Å². The van der Waals surface area contributed by atoms with Crippen molar-refractivity contribution in [1.29, 1.82) is 0 Å². The van der Waals surface area contributed by atoms with Gasteiger partial charge >= 0.3 is 0 Å². The molecule has 2 rings (SSSR count). The summed E-state index contributed by atoms with van der Waals surface area (Å²) in [4.78, 5) is 0. The molecule has 1 heterocycles. The molecule has 4 nitrogen and oxygen atoms in total. The maximum Gasteiger partial charge on any atom is 0.162 e. The smallest absolute Gasteiger partial charge is 0.162 e. The van der Waals surface area contributed by atoms with Gasteiger partial charge in [0.1, 0.15) is 6.61 Å². The zero-order valence-corrected chi connectivity index (χ0v) is 10.0. The molecule has 0 amide bonds. The lowest BCUT2D eigenvalue weighted by Gasteiger charge is -2.03. The van der Waals surface area contributed by atoms with E-state index in [1.54, 1.807) is 0 Å². The van der Waals surface area contributed by atoms with Crippen molar-refractivity contribution in [1.82, 2.24) is 10.5 Å². The van der Waals surface area contributed by atoms with Crippen molar-refractivity contribution in [2.45, 2.75) is 45.9 Å². The fourth-order valence-corrected chi connectivity index (χ4v) is 1.43. The minimum absolute atomic E-state index is 0.464. The topological polar surface area (TPSA) is 47.3 Å². The highest BCUT2D eigenvalue weighted by molar-refractivity contribution is 5.04. The summed E-state index contributed by atoms with van der Waals surface area (Å²) in [6, 6.07) is 2.42. The van der Waals surface area contributed by atoms with E-state index in [2.05, 4.69) is 24.3 Å². The first kappa shape index (κ1) is 11.6. The average Bonchev–Trinajstić information content (AvgIpc) is 2.94. The first-order valence-corrected chi connectivity index (χ1v) is 5.99. The van der Waals surface area contributed by atoms with Crippen molar-refractivity contribution >= 4 is 0 Å². The summed E-state index contributed by atoms with van der Waals surface area (Å²) in [5.74, 6) is 1.62. The van der Waals surface area contributed by atoms with Crippen LogP contribution in [0.3, 0.4) is 0 Å². The van der Waals surface area contributed by atoms with Crippen LogP contribution >= 0.6 is 0 Å². The van der Waals surface area contributed by atoms with Crippen LogP contribution in [-0.2, 0) is 17.9 Å². The zero-order chi connectivity index (χ0) is 11.4. The Balaban J connectivity index is 1.68. The highest BCUT2D eigenvalue weighted by Crippen LogP contribution is 2.29. The fraction of sp³-hybridized carbons (Fsp3) is 0.750. The zero-order valence-electron chi connectivity index (χ0n) is 10.0. The first-order chi connectivity index (χ1) is 7.74. The van der Waals surface area contributed by atoms with E-state index in [0.29, 0.717) is 12.6 Å². The van der Waals surface area contributed by atoms with E-state index in [1.807, 2.05) is 6.07 Å². The second kappa shape index (κ2) is 5.46. The van der Waals surface area contributed by atoms with Crippen LogP contribution in [0.15, 0.2) is 10.6 Å². The molecule has 4 heteroatoms. The Labute approximate surface area is 96.3 Å². The molecular formula is C12H20N2O2. The summed E-state index contributed by atoms with van der Waals surface area (Å²) in [5.41, 5.74) is 0.943. The summed E-state index contributed by atoms with van der Waals surface area (Å²) in [6.07, 6.45) is 2.64. The van der Waals surface area contributed by atoms with Gasteiger partial charge < -0.3 is 14.6 Å². The third kappa shape index (κ3) is 3.94. The van der Waals surface area contributed by atoms with Gasteiger partial charge in [-0.1, -0.05) is 19.0 Å². The quantitative estimate of drug-likeness (QED) is 0.770. The van der Waals surface area contributed by atoms with Gasteiger partial charge in [0.05, 0.1) is 5.69 Å². The van der Waals surface area contributed by atoms with Crippen molar-refractivity contribution in [3.05, 3.63) is 17.5 Å². The van der Waals surface area contributed by atoms with E-state index in [1.165, 1.54) is 12.8 Å². The minimum atomic E-state index is 0.464. The van der Waals surface area contributed by atoms with Gasteiger partial charge in [-0.15, -0.1) is 0 Å². The van der Waals surface area contributed by atoms with E-state index in [4.69, 9.17) is 9.26 Å². The monoisotopic (exact) mass is 224 g/mol. The summed E-state index contributed by atoms with van der Waals surface area (Å²) in [5, 5.41) is 7.28. The van der Waals surface area contributed by atoms with E-state index >= 15 is 0 Å².